The molecule has 1 N–H and O–H groups in total. The minimum Gasteiger partial charge on any atom is -0.322 e. The molecule has 28 heavy (non-hydrogen) atoms. The Balaban J connectivity index is 1.71. The van der Waals surface area contributed by atoms with Gasteiger partial charge in [0, 0.05) is 12.1 Å². The van der Waals surface area contributed by atoms with Crippen molar-refractivity contribution in [1.82, 2.24) is 5.32 Å². The zero-order chi connectivity index (χ0) is 20.7. The molecular formula is C25H37N2O+. The summed E-state index contributed by atoms with van der Waals surface area (Å²) >= 11 is 0. The van der Waals surface area contributed by atoms with Gasteiger partial charge in [0.2, 0.25) is 5.78 Å². The molecular weight excluding hydrogens is 344 g/mol. The van der Waals surface area contributed by atoms with Crippen molar-refractivity contribution < 1.29 is 9.28 Å². The van der Waals surface area contributed by atoms with E-state index in [4.69, 9.17) is 0 Å². The third-order valence-electron chi connectivity index (χ3n) is 5.23. The van der Waals surface area contributed by atoms with Crippen molar-refractivity contribution in [3.05, 3.63) is 69.8 Å². The van der Waals surface area contributed by atoms with E-state index in [2.05, 4.69) is 64.4 Å². The lowest BCUT2D eigenvalue weighted by Crippen LogP contribution is -2.44. The van der Waals surface area contributed by atoms with Crippen LogP contribution in [-0.2, 0) is 6.54 Å². The number of ketones is 1. The van der Waals surface area contributed by atoms with Crippen LogP contribution in [0.1, 0.15) is 51.0 Å². The van der Waals surface area contributed by atoms with E-state index < -0.39 is 0 Å². The van der Waals surface area contributed by atoms with Crippen molar-refractivity contribution in [3.63, 3.8) is 0 Å². The first-order valence-corrected chi connectivity index (χ1v) is 10.4. The maximum absolute atomic E-state index is 12.7. The number of unbranched alkanes of at least 4 members (excludes halogenated alkanes) is 1. The van der Waals surface area contributed by atoms with Crippen molar-refractivity contribution in [2.45, 2.75) is 47.1 Å². The van der Waals surface area contributed by atoms with Gasteiger partial charge < -0.3 is 9.80 Å². The number of benzene rings is 2. The van der Waals surface area contributed by atoms with Crippen molar-refractivity contribution in [1.29, 1.82) is 0 Å². The largest absolute Gasteiger partial charge is 0.322 e. The van der Waals surface area contributed by atoms with Gasteiger partial charge in [0.1, 0.15) is 6.54 Å². The maximum atomic E-state index is 12.7. The number of likely N-dealkylation sites (N-methyl/N-ethyl adjacent to an activating group) is 1. The highest BCUT2D eigenvalue weighted by Crippen LogP contribution is 2.14. The summed E-state index contributed by atoms with van der Waals surface area (Å²) in [4.78, 5) is 12.7. The molecule has 152 valence electrons. The molecule has 0 amide bonds. The Labute approximate surface area is 171 Å². The highest BCUT2D eigenvalue weighted by molar-refractivity contribution is 5.98. The highest BCUT2D eigenvalue weighted by Gasteiger charge is 2.21. The zero-order valence-electron chi connectivity index (χ0n) is 18.6. The quantitative estimate of drug-likeness (QED) is 0.366. The number of hydrogen-bond donors (Lipinski definition) is 1. The van der Waals surface area contributed by atoms with Crippen molar-refractivity contribution in [2.24, 2.45) is 0 Å². The van der Waals surface area contributed by atoms with Crippen LogP contribution in [0.4, 0.5) is 0 Å². The molecule has 0 bridgehead atoms. The fraction of sp³-hybridized carbons (Fsp3) is 0.480. The maximum Gasteiger partial charge on any atom is 0.217 e. The Hall–Kier alpha value is -1.97. The Morgan fingerprint density at radius 2 is 1.57 bits per heavy atom. The van der Waals surface area contributed by atoms with E-state index in [1.54, 1.807) is 0 Å². The Morgan fingerprint density at radius 3 is 2.21 bits per heavy atom. The minimum absolute atomic E-state index is 0.246. The average molecular weight is 382 g/mol. The smallest absolute Gasteiger partial charge is 0.217 e. The van der Waals surface area contributed by atoms with Gasteiger partial charge in [-0.25, -0.2) is 0 Å². The van der Waals surface area contributed by atoms with Gasteiger partial charge >= 0.3 is 0 Å². The van der Waals surface area contributed by atoms with Crippen LogP contribution in [0.25, 0.3) is 0 Å². The summed E-state index contributed by atoms with van der Waals surface area (Å²) < 4.78 is 0.739. The molecule has 2 aromatic rings. The Morgan fingerprint density at radius 1 is 0.893 bits per heavy atom. The summed E-state index contributed by atoms with van der Waals surface area (Å²) in [5, 5.41) is 3.55. The van der Waals surface area contributed by atoms with Crippen LogP contribution in [0.15, 0.2) is 36.4 Å². The summed E-state index contributed by atoms with van der Waals surface area (Å²) in [5.41, 5.74) is 7.16. The van der Waals surface area contributed by atoms with E-state index in [-0.39, 0.29) is 5.78 Å². The Kier molecular flexibility index (Phi) is 7.97. The van der Waals surface area contributed by atoms with E-state index in [1.165, 1.54) is 22.3 Å². The van der Waals surface area contributed by atoms with Crippen LogP contribution in [0.5, 0.6) is 0 Å². The van der Waals surface area contributed by atoms with Gasteiger partial charge in [0.15, 0.2) is 0 Å². The number of carbonyl (C=O) groups is 1. The number of nitrogens with zero attached hydrogens (tertiary/aromatic N) is 1. The molecule has 0 aromatic heterocycles. The molecule has 3 nitrogen and oxygen atoms in total. The molecule has 0 unspecified atom stereocenters. The standard InChI is InChI=1S/C25H37N2O/c1-19-9-10-24(22(4)14-19)25(28)18-27(5,6)12-8-7-11-26-17-23-15-20(2)13-21(3)16-23/h9-10,13-16,26H,7-8,11-12,17-18H2,1-6H3/q+1. The number of quaternary nitrogens is 1. The lowest BCUT2D eigenvalue weighted by molar-refractivity contribution is -0.882. The number of aryl methyl sites for hydroxylation is 4. The third kappa shape index (κ3) is 7.21. The molecule has 3 heteroatoms. The molecule has 0 aliphatic carbocycles. The van der Waals surface area contributed by atoms with Crippen LogP contribution in [-0.4, -0.2) is 44.0 Å². The molecule has 0 fully saturated rings. The topological polar surface area (TPSA) is 29.1 Å². The number of hydrogen-bond acceptors (Lipinski definition) is 2. The van der Waals surface area contributed by atoms with Crippen LogP contribution < -0.4 is 5.32 Å². The summed E-state index contributed by atoms with van der Waals surface area (Å²) in [6, 6.07) is 12.8. The molecule has 2 rings (SSSR count). The monoisotopic (exact) mass is 381 g/mol. The first kappa shape index (κ1) is 22.3. The summed E-state index contributed by atoms with van der Waals surface area (Å²) in [6.45, 7) is 11.9. The molecule has 0 aliphatic heterocycles. The van der Waals surface area contributed by atoms with Crippen LogP contribution in [0.2, 0.25) is 0 Å². The van der Waals surface area contributed by atoms with Gasteiger partial charge in [-0.3, -0.25) is 4.79 Å². The van der Waals surface area contributed by atoms with E-state index in [9.17, 15) is 4.79 Å². The first-order valence-electron chi connectivity index (χ1n) is 10.4. The predicted octanol–water partition coefficient (Wildman–Crippen LogP) is 4.75. The van der Waals surface area contributed by atoms with E-state index in [0.29, 0.717) is 6.54 Å². The van der Waals surface area contributed by atoms with E-state index in [0.717, 1.165) is 48.1 Å². The fourth-order valence-electron chi connectivity index (χ4n) is 3.87. The lowest BCUT2D eigenvalue weighted by Gasteiger charge is -2.29. The Bertz CT molecular complexity index is 788. The molecule has 0 radical (unpaired) electrons. The molecule has 0 heterocycles. The number of rotatable bonds is 10. The van der Waals surface area contributed by atoms with Gasteiger partial charge in [0.05, 0.1) is 20.6 Å². The summed E-state index contributed by atoms with van der Waals surface area (Å²) in [7, 11) is 4.31. The van der Waals surface area contributed by atoms with Gasteiger partial charge in [-0.05, 0) is 58.2 Å². The molecule has 0 spiro atoms. The second kappa shape index (κ2) is 9.99. The third-order valence-corrected chi connectivity index (χ3v) is 5.23. The number of carbonyl (C=O) groups excluding carboxylic acids is 1. The second-order valence-corrected chi connectivity index (χ2v) is 8.94. The van der Waals surface area contributed by atoms with Crippen LogP contribution in [0.3, 0.4) is 0 Å². The van der Waals surface area contributed by atoms with Crippen LogP contribution >= 0.6 is 0 Å². The first-order chi connectivity index (χ1) is 13.2. The highest BCUT2D eigenvalue weighted by atomic mass is 16.1. The molecule has 0 saturated carbocycles. The van der Waals surface area contributed by atoms with Crippen LogP contribution in [0, 0.1) is 27.7 Å². The minimum atomic E-state index is 0.246. The van der Waals surface area contributed by atoms with Gasteiger partial charge in [-0.2, -0.15) is 0 Å². The second-order valence-electron chi connectivity index (χ2n) is 8.94. The fourth-order valence-corrected chi connectivity index (χ4v) is 3.87. The SMILES string of the molecule is Cc1cc(C)cc(CNCCCC[N+](C)(C)CC(=O)c2ccc(C)cc2C)c1. The molecule has 0 aliphatic rings. The number of Topliss-reactive ketones (excluding diaryl/α,β-unsaturated/α-hetero) is 1. The molecule has 0 saturated heterocycles. The van der Waals surface area contributed by atoms with Gasteiger partial charge in [0.25, 0.3) is 0 Å². The van der Waals surface area contributed by atoms with Crippen molar-refractivity contribution in [2.75, 3.05) is 33.7 Å². The van der Waals surface area contributed by atoms with Gasteiger partial charge in [-0.15, -0.1) is 0 Å². The normalized spacial score (nSPS) is 11.6. The van der Waals surface area contributed by atoms with Crippen molar-refractivity contribution in [3.8, 4) is 0 Å². The lowest BCUT2D eigenvalue weighted by atomic mass is 10.0. The molecule has 0 atom stereocenters. The predicted molar refractivity (Wildman–Crippen MR) is 119 cm³/mol. The summed E-state index contributed by atoms with van der Waals surface area (Å²) in [5.74, 6) is 0.246. The van der Waals surface area contributed by atoms with E-state index >= 15 is 0 Å². The van der Waals surface area contributed by atoms with E-state index in [1.807, 2.05) is 19.1 Å². The zero-order valence-corrected chi connectivity index (χ0v) is 18.6. The number of nitrogens with one attached hydrogen (secondary N) is 1. The van der Waals surface area contributed by atoms with Crippen molar-refractivity contribution >= 4 is 5.78 Å². The van der Waals surface area contributed by atoms with Gasteiger partial charge in [-0.1, -0.05) is 53.1 Å². The summed E-state index contributed by atoms with van der Waals surface area (Å²) in [6.07, 6.45) is 2.25. The molecule has 2 aromatic carbocycles. The average Bonchev–Trinajstić information content (AvgIpc) is 2.56.